The van der Waals surface area contributed by atoms with Gasteiger partial charge in [0.15, 0.2) is 0 Å². The highest BCUT2D eigenvalue weighted by Gasteiger charge is 2.06. The van der Waals surface area contributed by atoms with E-state index in [-0.39, 0.29) is 0 Å². The van der Waals surface area contributed by atoms with Gasteiger partial charge in [0, 0.05) is 27.6 Å². The fourth-order valence-electron chi connectivity index (χ4n) is 4.68. The van der Waals surface area contributed by atoms with Crippen molar-refractivity contribution in [2.24, 2.45) is 5.92 Å². The van der Waals surface area contributed by atoms with Gasteiger partial charge in [-0.3, -0.25) is 0 Å². The van der Waals surface area contributed by atoms with Crippen LogP contribution in [0.25, 0.3) is 57.5 Å². The first-order valence-electron chi connectivity index (χ1n) is 13.7. The van der Waals surface area contributed by atoms with Crippen molar-refractivity contribution >= 4 is 46.4 Å². The van der Waals surface area contributed by atoms with Crippen molar-refractivity contribution in [2.45, 2.75) is 46.5 Å². The number of nitrogens with one attached hydrogen (secondary N) is 2. The molecule has 0 saturated carbocycles. The Kier molecular flexibility index (Phi) is 7.98. The predicted octanol–water partition coefficient (Wildman–Crippen LogP) is 9.55. The third-order valence-electron chi connectivity index (χ3n) is 6.64. The Labute approximate surface area is 225 Å². The van der Waals surface area contributed by atoms with Crippen molar-refractivity contribution in [1.29, 1.82) is 0 Å². The number of rotatable bonds is 5. The van der Waals surface area contributed by atoms with Crippen LogP contribution < -0.4 is 0 Å². The van der Waals surface area contributed by atoms with Gasteiger partial charge >= 0.3 is 0 Å². The molecule has 6 rings (SSSR count). The van der Waals surface area contributed by atoms with Gasteiger partial charge in [0.1, 0.15) is 0 Å². The molecule has 5 heterocycles. The fraction of sp³-hybridized carbons (Fsp3) is 0.235. The summed E-state index contributed by atoms with van der Waals surface area (Å²) in [5.74, 6) is 0.904. The van der Waals surface area contributed by atoms with Crippen LogP contribution in [0.3, 0.4) is 0 Å². The predicted molar refractivity (Wildman–Crippen MR) is 163 cm³/mol. The second-order valence-corrected chi connectivity index (χ2v) is 10.3. The average Bonchev–Trinajstić information content (AvgIpc) is 3.70. The van der Waals surface area contributed by atoms with E-state index in [2.05, 4.69) is 91.4 Å². The molecule has 38 heavy (non-hydrogen) atoms. The summed E-state index contributed by atoms with van der Waals surface area (Å²) in [5.41, 5.74) is 10.1. The smallest absolute Gasteiger partial charge is 0.0658 e. The first-order valence-corrected chi connectivity index (χ1v) is 13.7. The number of nitrogens with zero attached hydrogens (tertiary/aromatic N) is 2. The van der Waals surface area contributed by atoms with Crippen LogP contribution in [0.4, 0.5) is 0 Å². The van der Waals surface area contributed by atoms with Crippen LogP contribution in [0.5, 0.6) is 0 Å². The number of hydrogen-bond donors (Lipinski definition) is 2. The molecule has 2 aliphatic heterocycles. The van der Waals surface area contributed by atoms with E-state index in [0.29, 0.717) is 0 Å². The number of benzene rings is 1. The van der Waals surface area contributed by atoms with Crippen molar-refractivity contribution in [3.63, 3.8) is 0 Å². The topological polar surface area (TPSA) is 57.4 Å². The van der Waals surface area contributed by atoms with Crippen LogP contribution in [0.15, 0.2) is 72.8 Å². The zero-order chi connectivity index (χ0) is 26.3. The van der Waals surface area contributed by atoms with E-state index in [9.17, 15) is 0 Å². The van der Waals surface area contributed by atoms with E-state index in [1.165, 1.54) is 31.2 Å². The second kappa shape index (κ2) is 11.9. The lowest BCUT2D eigenvalue weighted by molar-refractivity contribution is 0.534. The Morgan fingerprint density at radius 2 is 1.21 bits per heavy atom. The molecule has 0 spiro atoms. The van der Waals surface area contributed by atoms with Gasteiger partial charge in [-0.2, -0.15) is 0 Å². The number of fused-ring (bicyclic) bond motifs is 8. The number of aromatic amines is 2. The van der Waals surface area contributed by atoms with Gasteiger partial charge in [-0.1, -0.05) is 76.8 Å². The van der Waals surface area contributed by atoms with Gasteiger partial charge in [-0.25, -0.2) is 9.97 Å². The molecule has 4 heteroatoms. The summed E-state index contributed by atoms with van der Waals surface area (Å²) in [6.07, 6.45) is 13.8. The van der Waals surface area contributed by atoms with Gasteiger partial charge in [-0.15, -0.1) is 0 Å². The van der Waals surface area contributed by atoms with Crippen molar-refractivity contribution < 1.29 is 0 Å². The molecule has 4 nitrogen and oxygen atoms in total. The molecule has 0 saturated heterocycles. The molecule has 8 bridgehead atoms. The van der Waals surface area contributed by atoms with E-state index >= 15 is 0 Å². The Hall–Kier alpha value is -4.18. The summed E-state index contributed by atoms with van der Waals surface area (Å²) in [4.78, 5) is 16.5. The molecular formula is C34H36N4. The first kappa shape index (κ1) is 25.5. The van der Waals surface area contributed by atoms with E-state index in [1.54, 1.807) is 0 Å². The third-order valence-corrected chi connectivity index (χ3v) is 6.64. The minimum absolute atomic E-state index is 0.904. The number of aromatic nitrogens is 4. The van der Waals surface area contributed by atoms with Gasteiger partial charge in [-0.05, 0) is 78.3 Å². The monoisotopic (exact) mass is 500 g/mol. The van der Waals surface area contributed by atoms with Crippen LogP contribution >= 0.6 is 0 Å². The second-order valence-electron chi connectivity index (χ2n) is 10.3. The van der Waals surface area contributed by atoms with Gasteiger partial charge in [0.2, 0.25) is 0 Å². The molecule has 2 N–H and O–H groups in total. The van der Waals surface area contributed by atoms with Crippen LogP contribution in [-0.2, 0) is 0 Å². The molecule has 192 valence electrons. The third kappa shape index (κ3) is 6.57. The lowest BCUT2D eigenvalue weighted by Crippen LogP contribution is -1.85. The largest absolute Gasteiger partial charge is 0.355 e. The minimum atomic E-state index is 0.904. The highest BCUT2D eigenvalue weighted by atomic mass is 14.8. The van der Waals surface area contributed by atoms with Crippen LogP contribution in [-0.4, -0.2) is 19.9 Å². The highest BCUT2D eigenvalue weighted by molar-refractivity contribution is 5.87. The molecule has 0 fully saturated rings. The van der Waals surface area contributed by atoms with Crippen LogP contribution in [0.1, 0.15) is 69.2 Å². The maximum absolute atomic E-state index is 4.77. The summed E-state index contributed by atoms with van der Waals surface area (Å²) < 4.78 is 0. The van der Waals surface area contributed by atoms with Crippen molar-refractivity contribution in [2.75, 3.05) is 0 Å². The number of unbranched alkanes of at least 4 members (excludes halogenated alkanes) is 2. The van der Waals surface area contributed by atoms with Crippen molar-refractivity contribution in [3.05, 3.63) is 95.6 Å². The SMILES string of the molecule is C1=Cc2cc3cc(-c4ccccc4)c(cc4nc(cc5ccc(cc1n2)[nH]5)C=C4)[nH]3.CCCCCC(C)C. The van der Waals surface area contributed by atoms with Crippen molar-refractivity contribution in [3.8, 4) is 11.1 Å². The number of H-pyrrole nitrogens is 2. The van der Waals surface area contributed by atoms with Gasteiger partial charge in [0.05, 0.1) is 22.8 Å². The lowest BCUT2D eigenvalue weighted by Gasteiger charge is -2.00. The van der Waals surface area contributed by atoms with Gasteiger partial charge < -0.3 is 9.97 Å². The maximum Gasteiger partial charge on any atom is 0.0658 e. The zero-order valence-corrected chi connectivity index (χ0v) is 22.5. The molecule has 3 aromatic heterocycles. The Morgan fingerprint density at radius 1 is 0.632 bits per heavy atom. The molecule has 0 atom stereocenters. The molecule has 0 amide bonds. The zero-order valence-electron chi connectivity index (χ0n) is 22.5. The van der Waals surface area contributed by atoms with Crippen LogP contribution in [0, 0.1) is 5.92 Å². The van der Waals surface area contributed by atoms with E-state index in [1.807, 2.05) is 36.4 Å². The van der Waals surface area contributed by atoms with E-state index < -0.39 is 0 Å². The lowest BCUT2D eigenvalue weighted by atomic mass is 10.1. The highest BCUT2D eigenvalue weighted by Crippen LogP contribution is 2.27. The normalized spacial score (nSPS) is 12.0. The minimum Gasteiger partial charge on any atom is -0.355 e. The number of hydrogen-bond acceptors (Lipinski definition) is 2. The van der Waals surface area contributed by atoms with E-state index in [0.717, 1.165) is 56.3 Å². The van der Waals surface area contributed by atoms with Gasteiger partial charge in [0.25, 0.3) is 0 Å². The van der Waals surface area contributed by atoms with E-state index in [4.69, 9.17) is 9.97 Å². The molecular weight excluding hydrogens is 464 g/mol. The average molecular weight is 501 g/mol. The molecule has 0 aliphatic carbocycles. The Morgan fingerprint density at radius 3 is 1.79 bits per heavy atom. The Bertz CT molecular complexity index is 1600. The first-order chi connectivity index (χ1) is 18.6. The summed E-state index contributed by atoms with van der Waals surface area (Å²) in [5, 5.41) is 0. The summed E-state index contributed by atoms with van der Waals surface area (Å²) in [6, 6.07) is 25.0. The van der Waals surface area contributed by atoms with Crippen molar-refractivity contribution in [1.82, 2.24) is 19.9 Å². The molecule has 1 aromatic carbocycles. The Balaban J connectivity index is 0.000000323. The molecule has 0 unspecified atom stereocenters. The molecule has 2 aliphatic rings. The summed E-state index contributed by atoms with van der Waals surface area (Å²) in [6.45, 7) is 6.83. The summed E-state index contributed by atoms with van der Waals surface area (Å²) in [7, 11) is 0. The van der Waals surface area contributed by atoms with Crippen LogP contribution in [0.2, 0.25) is 0 Å². The molecule has 4 aromatic rings. The molecule has 0 radical (unpaired) electrons. The maximum atomic E-state index is 4.77. The fourth-order valence-corrected chi connectivity index (χ4v) is 4.68. The summed E-state index contributed by atoms with van der Waals surface area (Å²) >= 11 is 0. The standard InChI is InChI=1S/C26H18N4.C8H18/c1-2-4-17(5-3-1)25-15-24-14-22-9-8-20(28-22)12-18-6-7-19(27-18)13-21-10-11-23(29-21)16-26(25)30-24;1-4-5-6-7-8(2)3/h1-16,27,30H;8H,4-7H2,1-3H3. The quantitative estimate of drug-likeness (QED) is 0.232.